The maximum atomic E-state index is 12.6. The highest BCUT2D eigenvalue weighted by Crippen LogP contribution is 2.29. The summed E-state index contributed by atoms with van der Waals surface area (Å²) in [5.41, 5.74) is 0.869. The van der Waals surface area contributed by atoms with Gasteiger partial charge in [0.15, 0.2) is 5.16 Å². The van der Waals surface area contributed by atoms with Crippen LogP contribution in [0, 0.1) is 0 Å². The molecule has 1 N–H and O–H groups in total. The zero-order chi connectivity index (χ0) is 21.6. The van der Waals surface area contributed by atoms with Crippen LogP contribution in [0.1, 0.15) is 11.1 Å². The van der Waals surface area contributed by atoms with Gasteiger partial charge in [0.05, 0.1) is 18.4 Å². The van der Waals surface area contributed by atoms with E-state index in [0.717, 1.165) is 29.1 Å². The van der Waals surface area contributed by atoms with E-state index in [0.29, 0.717) is 18.1 Å². The number of amides is 1. The summed E-state index contributed by atoms with van der Waals surface area (Å²) in [6.07, 6.45) is -2.35. The molecule has 0 unspecified atom stereocenters. The molecule has 0 aliphatic heterocycles. The molecule has 0 radical (unpaired) electrons. The lowest BCUT2D eigenvalue weighted by Crippen LogP contribution is -2.27. The predicted molar refractivity (Wildman–Crippen MR) is 107 cm³/mol. The molecule has 1 aromatic heterocycles. The van der Waals surface area contributed by atoms with Crippen molar-refractivity contribution in [2.24, 2.45) is 0 Å². The Morgan fingerprint density at radius 1 is 1.13 bits per heavy atom. The molecule has 0 saturated carbocycles. The van der Waals surface area contributed by atoms with E-state index in [-0.39, 0.29) is 11.7 Å². The number of benzene rings is 2. The average molecular weight is 436 g/mol. The molecule has 1 amide bonds. The molecule has 0 fully saturated rings. The Morgan fingerprint density at radius 3 is 2.47 bits per heavy atom. The van der Waals surface area contributed by atoms with Crippen molar-refractivity contribution >= 4 is 17.7 Å². The smallest absolute Gasteiger partial charge is 0.416 e. The third-order valence-electron chi connectivity index (χ3n) is 4.22. The van der Waals surface area contributed by atoms with Gasteiger partial charge in [-0.3, -0.25) is 9.36 Å². The van der Waals surface area contributed by atoms with Crippen molar-refractivity contribution in [1.29, 1.82) is 0 Å². The number of hydrogen-bond donors (Lipinski definition) is 1. The Labute approximate surface area is 175 Å². The summed E-state index contributed by atoms with van der Waals surface area (Å²) in [5, 5.41) is 11.3. The molecule has 0 atom stereocenters. The Balaban J connectivity index is 1.47. The quantitative estimate of drug-likeness (QED) is 0.545. The van der Waals surface area contributed by atoms with Crippen molar-refractivity contribution in [2.75, 3.05) is 19.4 Å². The molecular formula is C20H19F3N4O2S. The van der Waals surface area contributed by atoms with Crippen LogP contribution in [0.25, 0.3) is 5.69 Å². The zero-order valence-corrected chi connectivity index (χ0v) is 16.8. The number of thioether (sulfide) groups is 1. The van der Waals surface area contributed by atoms with Crippen molar-refractivity contribution in [3.05, 3.63) is 66.0 Å². The lowest BCUT2D eigenvalue weighted by molar-refractivity contribution is -0.137. The summed E-state index contributed by atoms with van der Waals surface area (Å²) in [6.45, 7) is 0.329. The zero-order valence-electron chi connectivity index (χ0n) is 16.0. The number of carbonyl (C=O) groups excluding carboxylic acids is 1. The fraction of sp³-hybridized carbons (Fsp3) is 0.250. The SMILES string of the molecule is COc1ccc(-n2cnnc2SCC(=O)NCCc2ccc(C(F)(F)F)cc2)cc1. The fourth-order valence-electron chi connectivity index (χ4n) is 2.63. The molecule has 30 heavy (non-hydrogen) atoms. The van der Waals surface area contributed by atoms with Gasteiger partial charge in [-0.1, -0.05) is 23.9 Å². The first-order valence-electron chi connectivity index (χ1n) is 8.97. The number of carbonyl (C=O) groups is 1. The van der Waals surface area contributed by atoms with Crippen LogP contribution in [0.3, 0.4) is 0 Å². The Kier molecular flexibility index (Phi) is 6.99. The summed E-state index contributed by atoms with van der Waals surface area (Å²) < 4.78 is 44.6. The van der Waals surface area contributed by atoms with E-state index in [2.05, 4.69) is 15.5 Å². The van der Waals surface area contributed by atoms with Crippen LogP contribution in [0.15, 0.2) is 60.0 Å². The van der Waals surface area contributed by atoms with Gasteiger partial charge in [0, 0.05) is 12.2 Å². The Morgan fingerprint density at radius 2 is 1.83 bits per heavy atom. The Bertz CT molecular complexity index is 973. The molecule has 1 heterocycles. The highest BCUT2D eigenvalue weighted by molar-refractivity contribution is 7.99. The second-order valence-corrected chi connectivity index (χ2v) is 7.21. The molecule has 0 bridgehead atoms. The minimum atomic E-state index is -4.35. The average Bonchev–Trinajstić information content (AvgIpc) is 3.21. The fourth-order valence-corrected chi connectivity index (χ4v) is 3.39. The third-order valence-corrected chi connectivity index (χ3v) is 5.16. The van der Waals surface area contributed by atoms with E-state index in [9.17, 15) is 18.0 Å². The van der Waals surface area contributed by atoms with E-state index < -0.39 is 11.7 Å². The minimum absolute atomic E-state index is 0.141. The standard InChI is InChI=1S/C20H19F3N4O2S/c1-29-17-8-6-16(7-9-17)27-13-25-26-19(27)30-12-18(28)24-11-10-14-2-4-15(5-3-14)20(21,22)23/h2-9,13H,10-12H2,1H3,(H,24,28). The van der Waals surface area contributed by atoms with Crippen molar-refractivity contribution < 1.29 is 22.7 Å². The van der Waals surface area contributed by atoms with E-state index in [1.807, 2.05) is 24.3 Å². The summed E-state index contributed by atoms with van der Waals surface area (Å²) in [6, 6.07) is 12.3. The van der Waals surface area contributed by atoms with Gasteiger partial charge >= 0.3 is 6.18 Å². The van der Waals surface area contributed by atoms with Gasteiger partial charge < -0.3 is 10.1 Å². The molecule has 0 spiro atoms. The van der Waals surface area contributed by atoms with Crippen molar-refractivity contribution in [2.45, 2.75) is 17.8 Å². The van der Waals surface area contributed by atoms with Gasteiger partial charge in [0.2, 0.25) is 5.91 Å². The molecule has 2 aromatic carbocycles. The van der Waals surface area contributed by atoms with E-state index in [4.69, 9.17) is 4.74 Å². The van der Waals surface area contributed by atoms with E-state index in [1.165, 1.54) is 23.9 Å². The number of alkyl halides is 3. The third kappa shape index (κ3) is 5.76. The van der Waals surface area contributed by atoms with Crippen molar-refractivity contribution in [1.82, 2.24) is 20.1 Å². The van der Waals surface area contributed by atoms with Gasteiger partial charge in [-0.25, -0.2) is 0 Å². The highest BCUT2D eigenvalue weighted by Gasteiger charge is 2.29. The number of methoxy groups -OCH3 is 1. The summed E-state index contributed by atoms with van der Waals surface area (Å²) in [7, 11) is 1.59. The first-order chi connectivity index (χ1) is 14.4. The van der Waals surface area contributed by atoms with Crippen molar-refractivity contribution in [3.8, 4) is 11.4 Å². The number of halogens is 3. The maximum absolute atomic E-state index is 12.6. The van der Waals surface area contributed by atoms with Gasteiger partial charge in [0.25, 0.3) is 0 Å². The van der Waals surface area contributed by atoms with Crippen LogP contribution in [0.5, 0.6) is 5.75 Å². The molecule has 0 saturated heterocycles. The number of nitrogens with one attached hydrogen (secondary N) is 1. The number of rotatable bonds is 8. The lowest BCUT2D eigenvalue weighted by atomic mass is 10.1. The summed E-state index contributed by atoms with van der Waals surface area (Å²) >= 11 is 1.24. The van der Waals surface area contributed by atoms with Crippen LogP contribution in [0.4, 0.5) is 13.2 Å². The van der Waals surface area contributed by atoms with Gasteiger partial charge in [-0.05, 0) is 48.4 Å². The van der Waals surface area contributed by atoms with Gasteiger partial charge in [-0.15, -0.1) is 10.2 Å². The van der Waals surface area contributed by atoms with Crippen molar-refractivity contribution in [3.63, 3.8) is 0 Å². The topological polar surface area (TPSA) is 69.0 Å². The maximum Gasteiger partial charge on any atom is 0.416 e. The normalized spacial score (nSPS) is 11.3. The van der Waals surface area contributed by atoms with Gasteiger partial charge in [-0.2, -0.15) is 13.2 Å². The minimum Gasteiger partial charge on any atom is -0.497 e. The summed E-state index contributed by atoms with van der Waals surface area (Å²) in [5.74, 6) is 0.673. The molecular weight excluding hydrogens is 417 g/mol. The monoisotopic (exact) mass is 436 g/mol. The number of nitrogens with zero attached hydrogens (tertiary/aromatic N) is 3. The second-order valence-electron chi connectivity index (χ2n) is 6.26. The number of aromatic nitrogens is 3. The van der Waals surface area contributed by atoms with Crippen LogP contribution >= 0.6 is 11.8 Å². The lowest BCUT2D eigenvalue weighted by Gasteiger charge is -2.09. The molecule has 3 rings (SSSR count). The van der Waals surface area contributed by atoms with Crippen LogP contribution < -0.4 is 10.1 Å². The highest BCUT2D eigenvalue weighted by atomic mass is 32.2. The van der Waals surface area contributed by atoms with E-state index >= 15 is 0 Å². The van der Waals surface area contributed by atoms with Crippen LogP contribution in [0.2, 0.25) is 0 Å². The summed E-state index contributed by atoms with van der Waals surface area (Å²) in [4.78, 5) is 12.1. The Hall–Kier alpha value is -3.01. The molecule has 6 nitrogen and oxygen atoms in total. The molecule has 0 aliphatic rings. The second kappa shape index (κ2) is 9.66. The van der Waals surface area contributed by atoms with Crippen LogP contribution in [-0.2, 0) is 17.4 Å². The molecule has 0 aliphatic carbocycles. The first kappa shape index (κ1) is 21.7. The first-order valence-corrected chi connectivity index (χ1v) is 9.95. The number of hydrogen-bond acceptors (Lipinski definition) is 5. The number of ether oxygens (including phenoxy) is 1. The van der Waals surface area contributed by atoms with E-state index in [1.54, 1.807) is 18.0 Å². The van der Waals surface area contributed by atoms with Gasteiger partial charge in [0.1, 0.15) is 12.1 Å². The molecule has 10 heteroatoms. The largest absolute Gasteiger partial charge is 0.497 e. The molecule has 158 valence electrons. The predicted octanol–water partition coefficient (Wildman–Crippen LogP) is 3.75. The molecule has 3 aromatic rings. The van der Waals surface area contributed by atoms with Crippen LogP contribution in [-0.4, -0.2) is 40.1 Å².